The van der Waals surface area contributed by atoms with Crippen molar-refractivity contribution in [2.24, 2.45) is 0 Å². The molecule has 102 valence electrons. The van der Waals surface area contributed by atoms with Crippen LogP contribution >= 0.6 is 0 Å². The van der Waals surface area contributed by atoms with Gasteiger partial charge in [0.05, 0.1) is 0 Å². The Morgan fingerprint density at radius 3 is 2.78 bits per heavy atom. The predicted octanol–water partition coefficient (Wildman–Crippen LogP) is 0.926. The van der Waals surface area contributed by atoms with E-state index < -0.39 is 11.9 Å². The molecule has 0 saturated carbocycles. The first-order valence-corrected chi connectivity index (χ1v) is 6.03. The molecule has 0 radical (unpaired) electrons. The highest BCUT2D eigenvalue weighted by molar-refractivity contribution is 5.23. The topological polar surface area (TPSA) is 61.7 Å². The standard InChI is InChI=1S/C13H20FNO3/c1-10(6-7-16)15-8-11(17)9-18-13-5-3-2-4-12(13)14/h2-5,10-11,15-17H,6-9H2,1H3. The van der Waals surface area contributed by atoms with E-state index >= 15 is 0 Å². The average Bonchev–Trinajstić information content (AvgIpc) is 2.36. The minimum absolute atomic E-state index is 0.0276. The molecule has 0 bridgehead atoms. The number of halogens is 1. The van der Waals surface area contributed by atoms with E-state index in [4.69, 9.17) is 9.84 Å². The molecule has 0 aliphatic carbocycles. The summed E-state index contributed by atoms with van der Waals surface area (Å²) in [4.78, 5) is 0. The van der Waals surface area contributed by atoms with E-state index in [0.29, 0.717) is 13.0 Å². The van der Waals surface area contributed by atoms with Crippen LogP contribution in [0.4, 0.5) is 4.39 Å². The van der Waals surface area contributed by atoms with Crippen molar-refractivity contribution in [3.8, 4) is 5.75 Å². The van der Waals surface area contributed by atoms with E-state index in [1.807, 2.05) is 6.92 Å². The number of aliphatic hydroxyl groups excluding tert-OH is 2. The zero-order valence-corrected chi connectivity index (χ0v) is 10.5. The SMILES string of the molecule is CC(CCO)NCC(O)COc1ccccc1F. The van der Waals surface area contributed by atoms with Gasteiger partial charge in [0.25, 0.3) is 0 Å². The molecule has 0 aliphatic heterocycles. The Bertz CT molecular complexity index is 349. The van der Waals surface area contributed by atoms with E-state index in [-0.39, 0.29) is 25.0 Å². The molecule has 1 aromatic carbocycles. The van der Waals surface area contributed by atoms with Crippen LogP contribution in [0.25, 0.3) is 0 Å². The maximum absolute atomic E-state index is 13.2. The molecule has 0 heterocycles. The van der Waals surface area contributed by atoms with Crippen LogP contribution in [0.2, 0.25) is 0 Å². The lowest BCUT2D eigenvalue weighted by Crippen LogP contribution is -2.37. The zero-order chi connectivity index (χ0) is 13.4. The van der Waals surface area contributed by atoms with E-state index in [9.17, 15) is 9.50 Å². The third kappa shape index (κ3) is 5.44. The van der Waals surface area contributed by atoms with Crippen LogP contribution in [-0.4, -0.2) is 42.1 Å². The van der Waals surface area contributed by atoms with Gasteiger partial charge in [-0.05, 0) is 25.5 Å². The third-order valence-electron chi connectivity index (χ3n) is 2.53. The normalized spacial score (nSPS) is 14.2. The fourth-order valence-corrected chi connectivity index (χ4v) is 1.44. The van der Waals surface area contributed by atoms with Crippen molar-refractivity contribution < 1.29 is 19.3 Å². The van der Waals surface area contributed by atoms with Gasteiger partial charge in [0.15, 0.2) is 11.6 Å². The molecule has 1 aromatic rings. The molecule has 2 atom stereocenters. The Morgan fingerprint density at radius 1 is 1.39 bits per heavy atom. The Morgan fingerprint density at radius 2 is 2.11 bits per heavy atom. The molecule has 0 spiro atoms. The average molecular weight is 257 g/mol. The molecule has 1 rings (SSSR count). The van der Waals surface area contributed by atoms with Crippen LogP contribution in [0.1, 0.15) is 13.3 Å². The molecule has 0 aromatic heterocycles. The van der Waals surface area contributed by atoms with Crippen LogP contribution in [0.15, 0.2) is 24.3 Å². The molecular weight excluding hydrogens is 237 g/mol. The van der Waals surface area contributed by atoms with Gasteiger partial charge in [-0.3, -0.25) is 0 Å². The van der Waals surface area contributed by atoms with Crippen LogP contribution in [-0.2, 0) is 0 Å². The molecule has 4 nitrogen and oxygen atoms in total. The summed E-state index contributed by atoms with van der Waals surface area (Å²) >= 11 is 0. The summed E-state index contributed by atoms with van der Waals surface area (Å²) in [6, 6.07) is 6.20. The highest BCUT2D eigenvalue weighted by atomic mass is 19.1. The molecule has 0 aliphatic rings. The van der Waals surface area contributed by atoms with E-state index in [0.717, 1.165) is 0 Å². The Kier molecular flexibility index (Phi) is 6.64. The van der Waals surface area contributed by atoms with E-state index in [1.165, 1.54) is 12.1 Å². The Hall–Kier alpha value is -1.17. The summed E-state index contributed by atoms with van der Waals surface area (Å²) in [5.74, 6) is -0.300. The number of para-hydroxylation sites is 1. The number of hydrogen-bond donors (Lipinski definition) is 3. The first-order chi connectivity index (χ1) is 8.63. The van der Waals surface area contributed by atoms with Crippen LogP contribution in [0.5, 0.6) is 5.75 Å². The van der Waals surface area contributed by atoms with Gasteiger partial charge in [0, 0.05) is 19.2 Å². The van der Waals surface area contributed by atoms with Gasteiger partial charge in [-0.1, -0.05) is 12.1 Å². The summed E-state index contributed by atoms with van der Waals surface area (Å²) < 4.78 is 18.4. The summed E-state index contributed by atoms with van der Waals surface area (Å²) in [5.41, 5.74) is 0. The fraction of sp³-hybridized carbons (Fsp3) is 0.538. The number of hydrogen-bond acceptors (Lipinski definition) is 4. The van der Waals surface area contributed by atoms with Crippen molar-refractivity contribution in [2.75, 3.05) is 19.8 Å². The first kappa shape index (κ1) is 14.9. The van der Waals surface area contributed by atoms with Gasteiger partial charge in [-0.25, -0.2) is 4.39 Å². The fourth-order valence-electron chi connectivity index (χ4n) is 1.44. The highest BCUT2D eigenvalue weighted by Crippen LogP contribution is 2.15. The molecule has 2 unspecified atom stereocenters. The smallest absolute Gasteiger partial charge is 0.165 e. The maximum Gasteiger partial charge on any atom is 0.165 e. The molecule has 18 heavy (non-hydrogen) atoms. The van der Waals surface area contributed by atoms with Crippen LogP contribution in [0, 0.1) is 5.82 Å². The van der Waals surface area contributed by atoms with Crippen molar-refractivity contribution >= 4 is 0 Å². The predicted molar refractivity (Wildman–Crippen MR) is 67.1 cm³/mol. The van der Waals surface area contributed by atoms with Gasteiger partial charge in [-0.2, -0.15) is 0 Å². The van der Waals surface area contributed by atoms with Gasteiger partial charge < -0.3 is 20.3 Å². The lowest BCUT2D eigenvalue weighted by Gasteiger charge is -2.17. The number of aliphatic hydroxyl groups is 2. The second-order valence-electron chi connectivity index (χ2n) is 4.22. The van der Waals surface area contributed by atoms with Gasteiger partial charge >= 0.3 is 0 Å². The van der Waals surface area contributed by atoms with Crippen molar-refractivity contribution in [3.63, 3.8) is 0 Å². The number of rotatable bonds is 8. The summed E-state index contributed by atoms with van der Waals surface area (Å²) in [7, 11) is 0. The second-order valence-corrected chi connectivity index (χ2v) is 4.22. The van der Waals surface area contributed by atoms with E-state index in [2.05, 4.69) is 5.32 Å². The molecule has 3 N–H and O–H groups in total. The molecule has 0 saturated heterocycles. The molecule has 0 fully saturated rings. The van der Waals surface area contributed by atoms with Gasteiger partial charge in [0.2, 0.25) is 0 Å². The minimum atomic E-state index is -0.717. The van der Waals surface area contributed by atoms with Crippen molar-refractivity contribution in [3.05, 3.63) is 30.1 Å². The Labute approximate surface area is 106 Å². The maximum atomic E-state index is 13.2. The van der Waals surface area contributed by atoms with Gasteiger partial charge in [-0.15, -0.1) is 0 Å². The number of ether oxygens (including phenoxy) is 1. The first-order valence-electron chi connectivity index (χ1n) is 6.03. The second kappa shape index (κ2) is 8.02. The monoisotopic (exact) mass is 257 g/mol. The summed E-state index contributed by atoms with van der Waals surface area (Å²) in [5, 5.41) is 21.4. The lowest BCUT2D eigenvalue weighted by molar-refractivity contribution is 0.101. The number of benzene rings is 1. The summed E-state index contributed by atoms with van der Waals surface area (Å²) in [6.45, 7) is 2.39. The summed E-state index contributed by atoms with van der Waals surface area (Å²) in [6.07, 6.45) is -0.0910. The van der Waals surface area contributed by atoms with Crippen molar-refractivity contribution in [1.29, 1.82) is 0 Å². The quantitative estimate of drug-likeness (QED) is 0.648. The van der Waals surface area contributed by atoms with Crippen molar-refractivity contribution in [2.45, 2.75) is 25.5 Å². The highest BCUT2D eigenvalue weighted by Gasteiger charge is 2.09. The van der Waals surface area contributed by atoms with Crippen LogP contribution < -0.4 is 10.1 Å². The third-order valence-corrected chi connectivity index (χ3v) is 2.53. The molecule has 5 heteroatoms. The van der Waals surface area contributed by atoms with Crippen LogP contribution in [0.3, 0.4) is 0 Å². The zero-order valence-electron chi connectivity index (χ0n) is 10.5. The lowest BCUT2D eigenvalue weighted by atomic mass is 10.2. The largest absolute Gasteiger partial charge is 0.488 e. The molecular formula is C13H20FNO3. The minimum Gasteiger partial charge on any atom is -0.488 e. The van der Waals surface area contributed by atoms with Gasteiger partial charge in [0.1, 0.15) is 12.7 Å². The Balaban J connectivity index is 2.25. The van der Waals surface area contributed by atoms with E-state index in [1.54, 1.807) is 12.1 Å². The molecule has 0 amide bonds. The van der Waals surface area contributed by atoms with Crippen molar-refractivity contribution in [1.82, 2.24) is 5.32 Å². The number of nitrogens with one attached hydrogen (secondary N) is 1.